The van der Waals surface area contributed by atoms with E-state index in [0.29, 0.717) is 12.2 Å². The molecule has 1 aromatic heterocycles. The van der Waals surface area contributed by atoms with Gasteiger partial charge in [0.1, 0.15) is 12.4 Å². The van der Waals surface area contributed by atoms with E-state index in [-0.39, 0.29) is 5.76 Å². The van der Waals surface area contributed by atoms with Crippen molar-refractivity contribution in [2.45, 2.75) is 25.9 Å². The molecule has 0 unspecified atom stereocenters. The van der Waals surface area contributed by atoms with Crippen molar-refractivity contribution >= 4 is 11.8 Å². The number of nitrogens with one attached hydrogen (secondary N) is 2. The number of fused-ring (bicyclic) bond motifs is 1. The van der Waals surface area contributed by atoms with Crippen molar-refractivity contribution in [3.05, 3.63) is 88.9 Å². The molecular weight excluding hydrogens is 356 g/mol. The first-order chi connectivity index (χ1) is 13.7. The van der Waals surface area contributed by atoms with Gasteiger partial charge in [-0.05, 0) is 72.4 Å². The Kier molecular flexibility index (Phi) is 5.10. The summed E-state index contributed by atoms with van der Waals surface area (Å²) in [6.07, 6.45) is 4.84. The molecule has 1 heterocycles. The number of hydrogen-bond acceptors (Lipinski definition) is 4. The molecule has 2 aromatic carbocycles. The van der Waals surface area contributed by atoms with Crippen LogP contribution in [0.5, 0.6) is 5.75 Å². The Morgan fingerprint density at radius 2 is 1.79 bits per heavy atom. The zero-order valence-electron chi connectivity index (χ0n) is 15.2. The van der Waals surface area contributed by atoms with Crippen LogP contribution in [0.25, 0.3) is 0 Å². The average molecular weight is 376 g/mol. The molecular formula is C22H20N2O4. The maximum absolute atomic E-state index is 12.3. The van der Waals surface area contributed by atoms with Gasteiger partial charge < -0.3 is 9.15 Å². The summed E-state index contributed by atoms with van der Waals surface area (Å²) < 4.78 is 10.9. The molecule has 0 aliphatic heterocycles. The van der Waals surface area contributed by atoms with Gasteiger partial charge in [-0.1, -0.05) is 18.2 Å². The third kappa shape index (κ3) is 4.06. The molecule has 0 spiro atoms. The Balaban J connectivity index is 1.34. The Hall–Kier alpha value is -3.54. The first kappa shape index (κ1) is 17.9. The number of benzene rings is 2. The summed E-state index contributed by atoms with van der Waals surface area (Å²) in [7, 11) is 0. The fourth-order valence-corrected chi connectivity index (χ4v) is 3.26. The number of hydrazine groups is 1. The van der Waals surface area contributed by atoms with Gasteiger partial charge in [-0.25, -0.2) is 0 Å². The largest absolute Gasteiger partial charge is 0.489 e. The molecule has 28 heavy (non-hydrogen) atoms. The van der Waals surface area contributed by atoms with E-state index in [2.05, 4.69) is 23.0 Å². The van der Waals surface area contributed by atoms with Crippen molar-refractivity contribution in [1.82, 2.24) is 10.9 Å². The SMILES string of the molecule is O=C(NNC(=O)c1ccco1)c1cccc(COc2ccc3c(c2)CCC3)c1. The van der Waals surface area contributed by atoms with Crippen molar-refractivity contribution in [3.8, 4) is 5.75 Å². The van der Waals surface area contributed by atoms with Crippen molar-refractivity contribution in [3.63, 3.8) is 0 Å². The minimum absolute atomic E-state index is 0.122. The lowest BCUT2D eigenvalue weighted by atomic mass is 10.1. The summed E-state index contributed by atoms with van der Waals surface area (Å²) >= 11 is 0. The number of furan rings is 1. The van der Waals surface area contributed by atoms with E-state index in [1.165, 1.54) is 29.9 Å². The molecule has 0 bridgehead atoms. The highest BCUT2D eigenvalue weighted by atomic mass is 16.5. The maximum Gasteiger partial charge on any atom is 0.305 e. The second-order valence-corrected chi connectivity index (χ2v) is 6.66. The van der Waals surface area contributed by atoms with Gasteiger partial charge in [0.25, 0.3) is 5.91 Å². The lowest BCUT2D eigenvalue weighted by molar-refractivity contribution is 0.0831. The molecule has 0 saturated carbocycles. The predicted octanol–water partition coefficient (Wildman–Crippen LogP) is 3.42. The highest BCUT2D eigenvalue weighted by molar-refractivity contribution is 5.98. The number of carbonyl (C=O) groups is 2. The van der Waals surface area contributed by atoms with Crippen LogP contribution in [0.4, 0.5) is 0 Å². The molecule has 0 radical (unpaired) electrons. The Morgan fingerprint density at radius 1 is 0.929 bits per heavy atom. The average Bonchev–Trinajstić information content (AvgIpc) is 3.42. The number of carbonyl (C=O) groups excluding carboxylic acids is 2. The van der Waals surface area contributed by atoms with E-state index in [9.17, 15) is 9.59 Å². The van der Waals surface area contributed by atoms with Gasteiger partial charge in [0.05, 0.1) is 6.26 Å². The summed E-state index contributed by atoms with van der Waals surface area (Å²) in [6.45, 7) is 0.360. The smallest absolute Gasteiger partial charge is 0.305 e. The Morgan fingerprint density at radius 3 is 2.64 bits per heavy atom. The van der Waals surface area contributed by atoms with E-state index in [1.807, 2.05) is 12.1 Å². The van der Waals surface area contributed by atoms with Crippen LogP contribution in [-0.4, -0.2) is 11.8 Å². The molecule has 142 valence electrons. The first-order valence-corrected chi connectivity index (χ1v) is 9.17. The normalized spacial score (nSPS) is 12.3. The van der Waals surface area contributed by atoms with Crippen LogP contribution in [0.3, 0.4) is 0 Å². The van der Waals surface area contributed by atoms with Crippen LogP contribution in [-0.2, 0) is 19.4 Å². The molecule has 0 saturated heterocycles. The number of hydrogen-bond donors (Lipinski definition) is 2. The fourth-order valence-electron chi connectivity index (χ4n) is 3.26. The van der Waals surface area contributed by atoms with Crippen LogP contribution >= 0.6 is 0 Å². The lowest BCUT2D eigenvalue weighted by Crippen LogP contribution is -2.41. The summed E-state index contributed by atoms with van der Waals surface area (Å²) in [6, 6.07) is 16.4. The number of aryl methyl sites for hydroxylation is 2. The summed E-state index contributed by atoms with van der Waals surface area (Å²) in [5.41, 5.74) is 8.75. The zero-order chi connectivity index (χ0) is 19.3. The highest BCUT2D eigenvalue weighted by Gasteiger charge is 2.13. The molecule has 2 N–H and O–H groups in total. The van der Waals surface area contributed by atoms with E-state index in [0.717, 1.165) is 24.2 Å². The zero-order valence-corrected chi connectivity index (χ0v) is 15.2. The molecule has 3 aromatic rings. The van der Waals surface area contributed by atoms with Crippen molar-refractivity contribution in [1.29, 1.82) is 0 Å². The number of amides is 2. The maximum atomic E-state index is 12.3. The quantitative estimate of drug-likeness (QED) is 0.669. The topological polar surface area (TPSA) is 80.6 Å². The molecule has 0 atom stereocenters. The second-order valence-electron chi connectivity index (χ2n) is 6.66. The molecule has 6 nitrogen and oxygen atoms in total. The van der Waals surface area contributed by atoms with Crippen LogP contribution in [0.2, 0.25) is 0 Å². The van der Waals surface area contributed by atoms with Crippen molar-refractivity contribution in [2.24, 2.45) is 0 Å². The van der Waals surface area contributed by atoms with Gasteiger partial charge in [0.15, 0.2) is 5.76 Å². The van der Waals surface area contributed by atoms with Gasteiger partial charge in [0, 0.05) is 5.56 Å². The molecule has 0 fully saturated rings. The van der Waals surface area contributed by atoms with Crippen LogP contribution in [0.1, 0.15) is 44.0 Å². The van der Waals surface area contributed by atoms with Crippen molar-refractivity contribution < 1.29 is 18.7 Å². The second kappa shape index (κ2) is 8.00. The standard InChI is InChI=1S/C22H20N2O4/c25-21(23-24-22(26)20-8-3-11-27-20)18-7-1-4-15(12-18)14-28-19-10-9-16-5-2-6-17(16)13-19/h1,3-4,7-13H,2,5-6,14H2,(H,23,25)(H,24,26). The lowest BCUT2D eigenvalue weighted by Gasteiger charge is -2.10. The van der Waals surface area contributed by atoms with Gasteiger partial charge in [-0.3, -0.25) is 20.4 Å². The molecule has 4 rings (SSSR count). The third-order valence-electron chi connectivity index (χ3n) is 4.70. The van der Waals surface area contributed by atoms with Gasteiger partial charge in [0.2, 0.25) is 0 Å². The van der Waals surface area contributed by atoms with E-state index in [1.54, 1.807) is 24.3 Å². The molecule has 1 aliphatic rings. The fraction of sp³-hybridized carbons (Fsp3) is 0.182. The van der Waals surface area contributed by atoms with E-state index in [4.69, 9.17) is 9.15 Å². The number of rotatable bonds is 5. The van der Waals surface area contributed by atoms with Crippen LogP contribution in [0.15, 0.2) is 65.3 Å². The molecule has 1 aliphatic carbocycles. The van der Waals surface area contributed by atoms with E-state index < -0.39 is 11.8 Å². The number of ether oxygens (including phenoxy) is 1. The van der Waals surface area contributed by atoms with Gasteiger partial charge in [-0.15, -0.1) is 0 Å². The molecule has 2 amide bonds. The predicted molar refractivity (Wildman–Crippen MR) is 103 cm³/mol. The van der Waals surface area contributed by atoms with Crippen LogP contribution < -0.4 is 15.6 Å². The van der Waals surface area contributed by atoms with Gasteiger partial charge in [-0.2, -0.15) is 0 Å². The van der Waals surface area contributed by atoms with Gasteiger partial charge >= 0.3 is 5.91 Å². The highest BCUT2D eigenvalue weighted by Crippen LogP contribution is 2.26. The molecule has 6 heteroatoms. The minimum Gasteiger partial charge on any atom is -0.489 e. The Bertz CT molecular complexity index is 996. The monoisotopic (exact) mass is 376 g/mol. The summed E-state index contributed by atoms with van der Waals surface area (Å²) in [5.74, 6) is 0.0201. The van der Waals surface area contributed by atoms with Crippen LogP contribution in [0, 0.1) is 0 Å². The first-order valence-electron chi connectivity index (χ1n) is 9.17. The van der Waals surface area contributed by atoms with Crippen molar-refractivity contribution in [2.75, 3.05) is 0 Å². The summed E-state index contributed by atoms with van der Waals surface area (Å²) in [5, 5.41) is 0. The Labute approximate surface area is 162 Å². The third-order valence-corrected chi connectivity index (χ3v) is 4.70. The van der Waals surface area contributed by atoms with E-state index >= 15 is 0 Å². The summed E-state index contributed by atoms with van der Waals surface area (Å²) in [4.78, 5) is 24.1. The minimum atomic E-state index is -0.519.